The first-order valence-electron chi connectivity index (χ1n) is 5.45. The van der Waals surface area contributed by atoms with Crippen LogP contribution in [0.25, 0.3) is 0 Å². The number of carboxylic acid groups (broad SMARTS) is 1. The molecule has 0 aliphatic carbocycles. The summed E-state index contributed by atoms with van der Waals surface area (Å²) in [5.41, 5.74) is -1.09. The van der Waals surface area contributed by atoms with Gasteiger partial charge >= 0.3 is 12.0 Å². The fourth-order valence-corrected chi connectivity index (χ4v) is 1.27. The molecule has 0 saturated carbocycles. The molecule has 0 aromatic heterocycles. The number of carbonyl (C=O) groups excluding carboxylic acids is 1. The number of carboxylic acids is 1. The van der Waals surface area contributed by atoms with E-state index in [1.165, 1.54) is 25.1 Å². The van der Waals surface area contributed by atoms with Gasteiger partial charge < -0.3 is 15.7 Å². The van der Waals surface area contributed by atoms with Crippen LogP contribution in [0.4, 0.5) is 14.9 Å². The van der Waals surface area contributed by atoms with Crippen molar-refractivity contribution in [1.29, 1.82) is 0 Å². The smallest absolute Gasteiger partial charge is 0.329 e. The Kier molecular flexibility index (Phi) is 4.25. The van der Waals surface area contributed by atoms with Crippen LogP contribution in [0.1, 0.15) is 20.3 Å². The molecule has 0 saturated heterocycles. The normalized spacial score (nSPS) is 13.5. The Hall–Kier alpha value is -2.11. The largest absolute Gasteiger partial charge is 0.480 e. The second kappa shape index (κ2) is 5.48. The number of carbonyl (C=O) groups is 2. The molecule has 0 aliphatic rings. The number of amides is 2. The Morgan fingerprint density at radius 1 is 1.44 bits per heavy atom. The summed E-state index contributed by atoms with van der Waals surface area (Å²) in [5.74, 6) is -1.61. The number of nitrogens with one attached hydrogen (secondary N) is 2. The van der Waals surface area contributed by atoms with Gasteiger partial charge in [-0.25, -0.2) is 14.0 Å². The van der Waals surface area contributed by atoms with E-state index in [1.54, 1.807) is 6.92 Å². The van der Waals surface area contributed by atoms with Crippen LogP contribution in [0.15, 0.2) is 24.3 Å². The molecule has 1 atom stereocenters. The van der Waals surface area contributed by atoms with E-state index in [0.717, 1.165) is 6.07 Å². The molecule has 0 aliphatic heterocycles. The second-order valence-corrected chi connectivity index (χ2v) is 4.08. The van der Waals surface area contributed by atoms with Crippen molar-refractivity contribution in [2.45, 2.75) is 25.8 Å². The quantitative estimate of drug-likeness (QED) is 0.770. The standard InChI is InChI=1S/C12H15FN2O3/c1-3-12(2,10(16)17)15-11(18)14-9-6-4-5-8(13)7-9/h4-7H,3H2,1-2H3,(H,16,17)(H2,14,15,18). The lowest BCUT2D eigenvalue weighted by Gasteiger charge is -2.24. The average molecular weight is 254 g/mol. The molecule has 0 fully saturated rings. The molecule has 0 spiro atoms. The molecule has 18 heavy (non-hydrogen) atoms. The van der Waals surface area contributed by atoms with E-state index in [2.05, 4.69) is 10.6 Å². The van der Waals surface area contributed by atoms with E-state index in [-0.39, 0.29) is 12.1 Å². The van der Waals surface area contributed by atoms with E-state index in [9.17, 15) is 14.0 Å². The number of halogens is 1. The van der Waals surface area contributed by atoms with Gasteiger partial charge in [0, 0.05) is 5.69 Å². The molecular formula is C12H15FN2O3. The molecule has 1 unspecified atom stereocenters. The molecule has 2 amide bonds. The Morgan fingerprint density at radius 2 is 2.11 bits per heavy atom. The zero-order chi connectivity index (χ0) is 13.8. The van der Waals surface area contributed by atoms with E-state index in [0.29, 0.717) is 0 Å². The van der Waals surface area contributed by atoms with Crippen LogP contribution in [0.2, 0.25) is 0 Å². The van der Waals surface area contributed by atoms with Gasteiger partial charge in [-0.3, -0.25) is 0 Å². The zero-order valence-electron chi connectivity index (χ0n) is 10.2. The minimum absolute atomic E-state index is 0.235. The molecule has 98 valence electrons. The number of hydrogen-bond acceptors (Lipinski definition) is 2. The average Bonchev–Trinajstić information content (AvgIpc) is 2.28. The third-order valence-corrected chi connectivity index (χ3v) is 2.65. The zero-order valence-corrected chi connectivity index (χ0v) is 10.2. The van der Waals surface area contributed by atoms with Crippen molar-refractivity contribution in [2.75, 3.05) is 5.32 Å². The van der Waals surface area contributed by atoms with Crippen molar-refractivity contribution in [1.82, 2.24) is 5.32 Å². The summed E-state index contributed by atoms with van der Waals surface area (Å²) in [4.78, 5) is 22.6. The van der Waals surface area contributed by atoms with Crippen molar-refractivity contribution in [3.63, 3.8) is 0 Å². The van der Waals surface area contributed by atoms with Crippen molar-refractivity contribution >= 4 is 17.7 Å². The summed E-state index contributed by atoms with van der Waals surface area (Å²) in [5, 5.41) is 13.7. The molecule has 0 heterocycles. The van der Waals surface area contributed by atoms with E-state index >= 15 is 0 Å². The first-order chi connectivity index (χ1) is 8.37. The highest BCUT2D eigenvalue weighted by Gasteiger charge is 2.32. The van der Waals surface area contributed by atoms with Crippen LogP contribution in [-0.2, 0) is 4.79 Å². The topological polar surface area (TPSA) is 78.4 Å². The number of aliphatic carboxylic acids is 1. The molecule has 1 aromatic carbocycles. The van der Waals surface area contributed by atoms with Gasteiger partial charge in [-0.2, -0.15) is 0 Å². The highest BCUT2D eigenvalue weighted by Crippen LogP contribution is 2.12. The minimum atomic E-state index is -1.35. The Labute approximate surface area is 104 Å². The van der Waals surface area contributed by atoms with Crippen LogP contribution >= 0.6 is 0 Å². The van der Waals surface area contributed by atoms with Crippen molar-refractivity contribution in [3.05, 3.63) is 30.1 Å². The van der Waals surface area contributed by atoms with Crippen LogP contribution in [0, 0.1) is 5.82 Å². The first-order valence-corrected chi connectivity index (χ1v) is 5.45. The molecule has 6 heteroatoms. The van der Waals surface area contributed by atoms with Gasteiger partial charge in [0.2, 0.25) is 0 Å². The van der Waals surface area contributed by atoms with E-state index < -0.39 is 23.4 Å². The minimum Gasteiger partial charge on any atom is -0.480 e. The lowest BCUT2D eigenvalue weighted by molar-refractivity contribution is -0.143. The highest BCUT2D eigenvalue weighted by atomic mass is 19.1. The van der Waals surface area contributed by atoms with E-state index in [1.807, 2.05) is 0 Å². The maximum absolute atomic E-state index is 12.9. The van der Waals surface area contributed by atoms with Gasteiger partial charge in [0.15, 0.2) is 0 Å². The molecule has 1 aromatic rings. The third-order valence-electron chi connectivity index (χ3n) is 2.65. The van der Waals surface area contributed by atoms with Gasteiger partial charge in [0.1, 0.15) is 11.4 Å². The summed E-state index contributed by atoms with van der Waals surface area (Å²) < 4.78 is 12.9. The molecule has 5 nitrogen and oxygen atoms in total. The second-order valence-electron chi connectivity index (χ2n) is 4.08. The van der Waals surface area contributed by atoms with Gasteiger partial charge in [-0.05, 0) is 31.5 Å². The number of anilines is 1. The van der Waals surface area contributed by atoms with Gasteiger partial charge in [0.05, 0.1) is 0 Å². The van der Waals surface area contributed by atoms with Crippen molar-refractivity contribution in [3.8, 4) is 0 Å². The Bertz CT molecular complexity index is 464. The van der Waals surface area contributed by atoms with Crippen LogP contribution in [-0.4, -0.2) is 22.6 Å². The first kappa shape index (κ1) is 14.0. The van der Waals surface area contributed by atoms with Gasteiger partial charge in [-0.1, -0.05) is 13.0 Å². The van der Waals surface area contributed by atoms with Gasteiger partial charge in [-0.15, -0.1) is 0 Å². The maximum atomic E-state index is 12.9. The van der Waals surface area contributed by atoms with Crippen LogP contribution < -0.4 is 10.6 Å². The fourth-order valence-electron chi connectivity index (χ4n) is 1.27. The number of urea groups is 1. The predicted octanol–water partition coefficient (Wildman–Crippen LogP) is 2.20. The molecule has 0 bridgehead atoms. The van der Waals surface area contributed by atoms with Crippen LogP contribution in [0.3, 0.4) is 0 Å². The summed E-state index contributed by atoms with van der Waals surface area (Å²) in [6.45, 7) is 3.05. The summed E-state index contributed by atoms with van der Waals surface area (Å²) in [6, 6.07) is 4.65. The number of benzene rings is 1. The lowest BCUT2D eigenvalue weighted by Crippen LogP contribution is -2.53. The summed E-state index contributed by atoms with van der Waals surface area (Å²) >= 11 is 0. The SMILES string of the molecule is CCC(C)(NC(=O)Nc1cccc(F)c1)C(=O)O. The Balaban J connectivity index is 2.70. The molecule has 0 radical (unpaired) electrons. The summed E-state index contributed by atoms with van der Waals surface area (Å²) in [6.07, 6.45) is 0.235. The Morgan fingerprint density at radius 3 is 2.61 bits per heavy atom. The fraction of sp³-hybridized carbons (Fsp3) is 0.333. The maximum Gasteiger partial charge on any atom is 0.329 e. The summed E-state index contributed by atoms with van der Waals surface area (Å²) in [7, 11) is 0. The predicted molar refractivity (Wildman–Crippen MR) is 64.9 cm³/mol. The monoisotopic (exact) mass is 254 g/mol. The molecule has 1 rings (SSSR count). The van der Waals surface area contributed by atoms with Crippen molar-refractivity contribution < 1.29 is 19.1 Å². The van der Waals surface area contributed by atoms with E-state index in [4.69, 9.17) is 5.11 Å². The van der Waals surface area contributed by atoms with Crippen LogP contribution in [0.5, 0.6) is 0 Å². The molecule has 3 N–H and O–H groups in total. The molecular weight excluding hydrogens is 239 g/mol. The number of rotatable bonds is 4. The van der Waals surface area contributed by atoms with Crippen molar-refractivity contribution in [2.24, 2.45) is 0 Å². The highest BCUT2D eigenvalue weighted by molar-refractivity contribution is 5.93. The third kappa shape index (κ3) is 3.44. The lowest BCUT2D eigenvalue weighted by atomic mass is 10.00. The number of hydrogen-bond donors (Lipinski definition) is 3. The van der Waals surface area contributed by atoms with Gasteiger partial charge in [0.25, 0.3) is 0 Å².